The minimum atomic E-state index is -0.820. The number of hydrogen-bond donors (Lipinski definition) is 3. The number of nitrogens with one attached hydrogen (secondary N) is 3. The van der Waals surface area contributed by atoms with Gasteiger partial charge in [-0.25, -0.2) is 0 Å². The molecule has 28 heavy (non-hydrogen) atoms. The molecule has 2 aromatic carbocycles. The largest absolute Gasteiger partial charge is 0.348 e. The predicted octanol–water partition coefficient (Wildman–Crippen LogP) is 2.93. The van der Waals surface area contributed by atoms with Gasteiger partial charge in [-0.05, 0) is 29.1 Å². The van der Waals surface area contributed by atoms with Crippen LogP contribution in [0, 0.1) is 0 Å². The first-order valence-electron chi connectivity index (χ1n) is 8.66. The average Bonchev–Trinajstić information content (AvgIpc) is 3.25. The van der Waals surface area contributed by atoms with E-state index >= 15 is 0 Å². The number of para-hydroxylation sites is 1. The van der Waals surface area contributed by atoms with Crippen molar-refractivity contribution in [2.45, 2.75) is 13.1 Å². The number of anilines is 1. The van der Waals surface area contributed by atoms with Crippen molar-refractivity contribution in [3.05, 3.63) is 88.1 Å². The van der Waals surface area contributed by atoms with Gasteiger partial charge in [-0.2, -0.15) is 0 Å². The molecule has 3 N–H and O–H groups in total. The van der Waals surface area contributed by atoms with Crippen molar-refractivity contribution < 1.29 is 14.4 Å². The van der Waals surface area contributed by atoms with Crippen molar-refractivity contribution in [2.24, 2.45) is 0 Å². The Morgan fingerprint density at radius 1 is 0.750 bits per heavy atom. The van der Waals surface area contributed by atoms with E-state index < -0.39 is 11.8 Å². The molecule has 3 rings (SSSR count). The van der Waals surface area contributed by atoms with Crippen LogP contribution in [0.3, 0.4) is 0 Å². The van der Waals surface area contributed by atoms with Gasteiger partial charge in [-0.15, -0.1) is 11.3 Å². The van der Waals surface area contributed by atoms with Crippen LogP contribution in [0.2, 0.25) is 0 Å². The van der Waals surface area contributed by atoms with Gasteiger partial charge in [0.1, 0.15) is 0 Å². The fourth-order valence-electron chi connectivity index (χ4n) is 2.50. The highest BCUT2D eigenvalue weighted by Crippen LogP contribution is 2.15. The van der Waals surface area contributed by atoms with E-state index in [0.29, 0.717) is 6.54 Å². The van der Waals surface area contributed by atoms with Gasteiger partial charge in [-0.3, -0.25) is 14.4 Å². The topological polar surface area (TPSA) is 87.3 Å². The minimum absolute atomic E-state index is 0.281. The zero-order chi connectivity index (χ0) is 19.8. The lowest BCUT2D eigenvalue weighted by atomic mass is 10.1. The number of hydrogen-bond acceptors (Lipinski definition) is 4. The van der Waals surface area contributed by atoms with Crippen LogP contribution >= 0.6 is 11.3 Å². The fourth-order valence-corrected chi connectivity index (χ4v) is 3.15. The first-order valence-corrected chi connectivity index (χ1v) is 9.54. The lowest BCUT2D eigenvalue weighted by Gasteiger charge is -2.11. The third-order valence-corrected chi connectivity index (χ3v) is 4.80. The molecule has 142 valence electrons. The summed E-state index contributed by atoms with van der Waals surface area (Å²) < 4.78 is 0. The van der Waals surface area contributed by atoms with Crippen molar-refractivity contribution in [3.63, 3.8) is 0 Å². The second-order valence-corrected chi connectivity index (χ2v) is 6.96. The molecular formula is C21H19N3O3S. The van der Waals surface area contributed by atoms with Crippen LogP contribution in [0.4, 0.5) is 5.69 Å². The van der Waals surface area contributed by atoms with Crippen LogP contribution in [0.25, 0.3) is 0 Å². The van der Waals surface area contributed by atoms with E-state index in [9.17, 15) is 14.4 Å². The van der Waals surface area contributed by atoms with E-state index in [1.807, 2.05) is 47.8 Å². The van der Waals surface area contributed by atoms with Crippen LogP contribution < -0.4 is 16.0 Å². The molecule has 0 atom stereocenters. The van der Waals surface area contributed by atoms with E-state index in [4.69, 9.17) is 0 Å². The third-order valence-electron chi connectivity index (χ3n) is 3.93. The first kappa shape index (κ1) is 19.3. The van der Waals surface area contributed by atoms with Crippen molar-refractivity contribution in [2.75, 3.05) is 5.32 Å². The average molecular weight is 393 g/mol. The molecule has 6 nitrogen and oxygen atoms in total. The second-order valence-electron chi connectivity index (χ2n) is 5.93. The summed E-state index contributed by atoms with van der Waals surface area (Å²) in [4.78, 5) is 37.6. The highest BCUT2D eigenvalue weighted by atomic mass is 32.1. The summed E-state index contributed by atoms with van der Waals surface area (Å²) in [5.74, 6) is -1.91. The molecule has 0 radical (unpaired) electrons. The Balaban J connectivity index is 1.60. The molecule has 1 aromatic heterocycles. The fraction of sp³-hybridized carbons (Fsp3) is 0.0952. The molecule has 0 saturated heterocycles. The molecule has 0 aliphatic carbocycles. The molecule has 0 fully saturated rings. The van der Waals surface area contributed by atoms with Crippen molar-refractivity contribution >= 4 is 34.7 Å². The Morgan fingerprint density at radius 3 is 2.25 bits per heavy atom. The smallest absolute Gasteiger partial charge is 0.313 e. The normalized spacial score (nSPS) is 10.1. The SMILES string of the molecule is O=C(NCc1cccs1)C(=O)Nc1ccccc1C(=O)NCc1ccccc1. The van der Waals surface area contributed by atoms with Crippen LogP contribution in [0.5, 0.6) is 0 Å². The highest BCUT2D eigenvalue weighted by molar-refractivity contribution is 7.09. The summed E-state index contributed by atoms with van der Waals surface area (Å²) in [6, 6.07) is 19.8. The van der Waals surface area contributed by atoms with Crippen LogP contribution in [-0.2, 0) is 22.7 Å². The molecule has 0 aliphatic rings. The van der Waals surface area contributed by atoms with E-state index in [2.05, 4.69) is 16.0 Å². The summed E-state index contributed by atoms with van der Waals surface area (Å²) in [6.45, 7) is 0.645. The summed E-state index contributed by atoms with van der Waals surface area (Å²) in [6.07, 6.45) is 0. The maximum Gasteiger partial charge on any atom is 0.313 e. The number of carbonyl (C=O) groups excluding carboxylic acids is 3. The lowest BCUT2D eigenvalue weighted by Crippen LogP contribution is -2.35. The van der Waals surface area contributed by atoms with Gasteiger partial charge < -0.3 is 16.0 Å². The zero-order valence-corrected chi connectivity index (χ0v) is 15.8. The monoisotopic (exact) mass is 393 g/mol. The predicted molar refractivity (Wildman–Crippen MR) is 109 cm³/mol. The van der Waals surface area contributed by atoms with Gasteiger partial charge in [0, 0.05) is 11.4 Å². The Kier molecular flexibility index (Phi) is 6.54. The molecule has 0 bridgehead atoms. The highest BCUT2D eigenvalue weighted by Gasteiger charge is 2.17. The molecule has 0 unspecified atom stereocenters. The maximum absolute atomic E-state index is 12.5. The van der Waals surface area contributed by atoms with Gasteiger partial charge in [0.25, 0.3) is 5.91 Å². The first-order chi connectivity index (χ1) is 13.6. The lowest BCUT2D eigenvalue weighted by molar-refractivity contribution is -0.136. The van der Waals surface area contributed by atoms with E-state index in [0.717, 1.165) is 10.4 Å². The van der Waals surface area contributed by atoms with Gasteiger partial charge in [0.2, 0.25) is 0 Å². The third kappa shape index (κ3) is 5.28. The minimum Gasteiger partial charge on any atom is -0.348 e. The van der Waals surface area contributed by atoms with E-state index in [1.54, 1.807) is 24.3 Å². The van der Waals surface area contributed by atoms with Crippen molar-refractivity contribution in [3.8, 4) is 0 Å². The van der Waals surface area contributed by atoms with Crippen molar-refractivity contribution in [1.82, 2.24) is 10.6 Å². The summed E-state index contributed by atoms with van der Waals surface area (Å²) >= 11 is 1.49. The molecule has 0 aliphatic heterocycles. The number of carbonyl (C=O) groups is 3. The second kappa shape index (κ2) is 9.48. The molecule has 0 saturated carbocycles. The van der Waals surface area contributed by atoms with Crippen LogP contribution in [0.15, 0.2) is 72.1 Å². The molecule has 1 heterocycles. The number of amides is 3. The summed E-state index contributed by atoms with van der Waals surface area (Å²) in [5, 5.41) is 9.78. The van der Waals surface area contributed by atoms with Gasteiger partial charge in [-0.1, -0.05) is 48.5 Å². The Bertz CT molecular complexity index is 956. The van der Waals surface area contributed by atoms with Crippen molar-refractivity contribution in [1.29, 1.82) is 0 Å². The molecule has 7 heteroatoms. The van der Waals surface area contributed by atoms with E-state index in [-0.39, 0.29) is 23.7 Å². The zero-order valence-electron chi connectivity index (χ0n) is 15.0. The molecule has 3 amide bonds. The number of benzene rings is 2. The Hall–Kier alpha value is -3.45. The summed E-state index contributed by atoms with van der Waals surface area (Å²) in [5.41, 5.74) is 1.53. The van der Waals surface area contributed by atoms with Gasteiger partial charge in [0.15, 0.2) is 0 Å². The van der Waals surface area contributed by atoms with Gasteiger partial charge >= 0.3 is 11.8 Å². The quantitative estimate of drug-likeness (QED) is 0.563. The number of rotatable bonds is 6. The van der Waals surface area contributed by atoms with E-state index in [1.165, 1.54) is 11.3 Å². The Labute approximate surface area is 166 Å². The van der Waals surface area contributed by atoms with Gasteiger partial charge in [0.05, 0.1) is 17.8 Å². The summed E-state index contributed by atoms with van der Waals surface area (Å²) in [7, 11) is 0. The maximum atomic E-state index is 12.5. The molecule has 3 aromatic rings. The number of thiophene rings is 1. The van der Waals surface area contributed by atoms with Crippen LogP contribution in [0.1, 0.15) is 20.8 Å². The molecular weight excluding hydrogens is 374 g/mol. The Morgan fingerprint density at radius 2 is 1.50 bits per heavy atom. The van der Waals surface area contributed by atoms with Crippen LogP contribution in [-0.4, -0.2) is 17.7 Å². The standard InChI is InChI=1S/C21H19N3O3S/c25-19(22-13-15-7-2-1-3-8-15)17-10-4-5-11-18(17)24-21(27)20(26)23-14-16-9-6-12-28-16/h1-12H,13-14H2,(H,22,25)(H,23,26)(H,24,27). The molecule has 0 spiro atoms.